The molecule has 0 aromatic rings. The van der Waals surface area contributed by atoms with Crippen molar-refractivity contribution in [3.05, 3.63) is 0 Å². The molecule has 1 amide bonds. The van der Waals surface area contributed by atoms with E-state index in [1.165, 1.54) is 19.3 Å². The normalized spacial score (nSPS) is 30.6. The number of carbonyl (C=O) groups excluding carboxylic acids is 1. The highest BCUT2D eigenvalue weighted by molar-refractivity contribution is 5.91. The third kappa shape index (κ3) is 2.68. The summed E-state index contributed by atoms with van der Waals surface area (Å²) < 4.78 is 0. The second kappa shape index (κ2) is 4.56. The third-order valence-electron chi connectivity index (χ3n) is 4.47. The van der Waals surface area contributed by atoms with Gasteiger partial charge < -0.3 is 10.4 Å². The van der Waals surface area contributed by atoms with Gasteiger partial charge in [-0.2, -0.15) is 0 Å². The highest BCUT2D eigenvalue weighted by Crippen LogP contribution is 2.58. The lowest BCUT2D eigenvalue weighted by Crippen LogP contribution is -2.35. The van der Waals surface area contributed by atoms with Gasteiger partial charge in [-0.15, -0.1) is 0 Å². The molecule has 2 N–H and O–H groups in total. The zero-order valence-electron chi connectivity index (χ0n) is 11.4. The first kappa shape index (κ1) is 13.4. The van der Waals surface area contributed by atoms with Crippen molar-refractivity contribution in [3.8, 4) is 0 Å². The van der Waals surface area contributed by atoms with E-state index >= 15 is 0 Å². The summed E-state index contributed by atoms with van der Waals surface area (Å²) in [6.07, 6.45) is 4.84. The molecular weight excluding hydrogens is 230 g/mol. The summed E-state index contributed by atoms with van der Waals surface area (Å²) in [7, 11) is 0. The lowest BCUT2D eigenvalue weighted by atomic mass is 10.1. The summed E-state index contributed by atoms with van der Waals surface area (Å²) in [5.41, 5.74) is -0.397. The fourth-order valence-electron chi connectivity index (χ4n) is 2.88. The van der Waals surface area contributed by atoms with Gasteiger partial charge in [-0.1, -0.05) is 26.7 Å². The molecule has 2 fully saturated rings. The molecule has 0 bridgehead atoms. The van der Waals surface area contributed by atoms with Gasteiger partial charge in [0.05, 0.1) is 11.8 Å². The Bertz CT molecular complexity index is 360. The molecule has 2 aliphatic carbocycles. The standard InChI is InChI=1S/C14H23NO3/c1-8(4-5-9-6-7-9)15-12(16)10-11(13(17)18)14(10,2)3/h8-11H,4-7H2,1-3H3,(H,15,16)(H,17,18)/t8?,10-,11+/m0/s1. The van der Waals surface area contributed by atoms with E-state index in [-0.39, 0.29) is 17.9 Å². The average molecular weight is 253 g/mol. The van der Waals surface area contributed by atoms with Crippen LogP contribution in [0.4, 0.5) is 0 Å². The minimum absolute atomic E-state index is 0.0873. The first-order valence-electron chi connectivity index (χ1n) is 6.87. The maximum Gasteiger partial charge on any atom is 0.307 e. The second-order valence-electron chi connectivity index (χ2n) is 6.55. The number of nitrogens with one attached hydrogen (secondary N) is 1. The first-order chi connectivity index (χ1) is 8.34. The Morgan fingerprint density at radius 1 is 1.33 bits per heavy atom. The number of amides is 1. The van der Waals surface area contributed by atoms with Crippen LogP contribution in [0, 0.1) is 23.2 Å². The molecule has 2 aliphatic rings. The largest absolute Gasteiger partial charge is 0.481 e. The van der Waals surface area contributed by atoms with Crippen LogP contribution in [-0.4, -0.2) is 23.0 Å². The van der Waals surface area contributed by atoms with Gasteiger partial charge in [-0.25, -0.2) is 0 Å². The number of carboxylic acid groups (broad SMARTS) is 1. The summed E-state index contributed by atoms with van der Waals surface area (Å²) in [6, 6.07) is 0.156. The van der Waals surface area contributed by atoms with Crippen molar-refractivity contribution in [3.63, 3.8) is 0 Å². The van der Waals surface area contributed by atoms with Gasteiger partial charge in [-0.05, 0) is 31.1 Å². The Morgan fingerprint density at radius 2 is 1.94 bits per heavy atom. The van der Waals surface area contributed by atoms with E-state index in [2.05, 4.69) is 5.32 Å². The molecule has 2 saturated carbocycles. The lowest BCUT2D eigenvalue weighted by Gasteiger charge is -2.14. The number of hydrogen-bond acceptors (Lipinski definition) is 2. The molecule has 2 rings (SSSR count). The summed E-state index contributed by atoms with van der Waals surface area (Å²) in [4.78, 5) is 23.1. The van der Waals surface area contributed by atoms with Gasteiger partial charge in [0.2, 0.25) is 5.91 Å². The predicted octanol–water partition coefficient (Wildman–Crippen LogP) is 2.04. The zero-order chi connectivity index (χ0) is 13.5. The van der Waals surface area contributed by atoms with Crippen LogP contribution in [0.25, 0.3) is 0 Å². The Morgan fingerprint density at radius 3 is 2.39 bits per heavy atom. The van der Waals surface area contributed by atoms with Gasteiger partial charge >= 0.3 is 5.97 Å². The highest BCUT2D eigenvalue weighted by Gasteiger charge is 2.65. The molecule has 0 radical (unpaired) electrons. The zero-order valence-corrected chi connectivity index (χ0v) is 11.4. The number of rotatable bonds is 6. The van der Waals surface area contributed by atoms with Crippen molar-refractivity contribution >= 4 is 11.9 Å². The molecule has 0 aromatic carbocycles. The monoisotopic (exact) mass is 253 g/mol. The maximum atomic E-state index is 12.0. The van der Waals surface area contributed by atoms with Crippen LogP contribution in [0.15, 0.2) is 0 Å². The number of aliphatic carboxylic acids is 1. The number of hydrogen-bond donors (Lipinski definition) is 2. The Labute approximate surface area is 108 Å². The lowest BCUT2D eigenvalue weighted by molar-refractivity contribution is -0.140. The molecule has 1 unspecified atom stereocenters. The molecule has 0 aromatic heterocycles. The molecular formula is C14H23NO3. The topological polar surface area (TPSA) is 66.4 Å². The molecule has 0 spiro atoms. The number of carboxylic acids is 1. The summed E-state index contributed by atoms with van der Waals surface area (Å²) in [6.45, 7) is 5.71. The SMILES string of the molecule is CC(CCC1CC1)NC(=O)[C@@H]1[C@H](C(=O)O)C1(C)C. The van der Waals surface area contributed by atoms with Crippen molar-refractivity contribution in [2.75, 3.05) is 0 Å². The van der Waals surface area contributed by atoms with E-state index in [1.807, 2.05) is 20.8 Å². The van der Waals surface area contributed by atoms with Crippen LogP contribution in [0.3, 0.4) is 0 Å². The van der Waals surface area contributed by atoms with E-state index in [1.54, 1.807) is 0 Å². The molecule has 0 saturated heterocycles. The molecule has 18 heavy (non-hydrogen) atoms. The summed E-state index contributed by atoms with van der Waals surface area (Å²) in [5.74, 6) is -0.957. The van der Waals surface area contributed by atoms with E-state index in [4.69, 9.17) is 5.11 Å². The van der Waals surface area contributed by atoms with Gasteiger partial charge in [0, 0.05) is 6.04 Å². The van der Waals surface area contributed by atoms with E-state index in [0.29, 0.717) is 0 Å². The minimum Gasteiger partial charge on any atom is -0.481 e. The Balaban J connectivity index is 1.79. The van der Waals surface area contributed by atoms with Crippen LogP contribution in [0.1, 0.15) is 46.5 Å². The van der Waals surface area contributed by atoms with Gasteiger partial charge in [-0.3, -0.25) is 9.59 Å². The van der Waals surface area contributed by atoms with Crippen molar-refractivity contribution in [2.45, 2.75) is 52.5 Å². The van der Waals surface area contributed by atoms with Crippen LogP contribution < -0.4 is 5.32 Å². The maximum absolute atomic E-state index is 12.0. The Hall–Kier alpha value is -1.06. The van der Waals surface area contributed by atoms with Crippen LogP contribution in [0.2, 0.25) is 0 Å². The van der Waals surface area contributed by atoms with Crippen LogP contribution in [0.5, 0.6) is 0 Å². The van der Waals surface area contributed by atoms with Gasteiger partial charge in [0.25, 0.3) is 0 Å². The molecule has 0 aliphatic heterocycles. The van der Waals surface area contributed by atoms with Crippen molar-refractivity contribution in [1.29, 1.82) is 0 Å². The van der Waals surface area contributed by atoms with Gasteiger partial charge in [0.1, 0.15) is 0 Å². The fourth-order valence-corrected chi connectivity index (χ4v) is 2.88. The Kier molecular flexibility index (Phi) is 3.39. The van der Waals surface area contributed by atoms with E-state index < -0.39 is 17.3 Å². The second-order valence-corrected chi connectivity index (χ2v) is 6.55. The highest BCUT2D eigenvalue weighted by atomic mass is 16.4. The van der Waals surface area contributed by atoms with E-state index in [9.17, 15) is 9.59 Å². The average Bonchev–Trinajstić information content (AvgIpc) is 3.10. The number of carbonyl (C=O) groups is 2. The quantitative estimate of drug-likeness (QED) is 0.761. The molecule has 4 heteroatoms. The summed E-state index contributed by atoms with van der Waals surface area (Å²) >= 11 is 0. The third-order valence-corrected chi connectivity index (χ3v) is 4.47. The molecule has 102 valence electrons. The summed E-state index contributed by atoms with van der Waals surface area (Å²) in [5, 5.41) is 12.0. The van der Waals surface area contributed by atoms with E-state index in [0.717, 1.165) is 12.3 Å². The smallest absolute Gasteiger partial charge is 0.307 e. The molecule has 0 heterocycles. The van der Waals surface area contributed by atoms with Crippen molar-refractivity contribution in [2.24, 2.45) is 23.2 Å². The fraction of sp³-hybridized carbons (Fsp3) is 0.857. The van der Waals surface area contributed by atoms with Crippen molar-refractivity contribution in [1.82, 2.24) is 5.32 Å². The predicted molar refractivity (Wildman–Crippen MR) is 68.0 cm³/mol. The molecule has 3 atom stereocenters. The van der Waals surface area contributed by atoms with Crippen molar-refractivity contribution < 1.29 is 14.7 Å². The molecule has 4 nitrogen and oxygen atoms in total. The van der Waals surface area contributed by atoms with Gasteiger partial charge in [0.15, 0.2) is 0 Å². The first-order valence-corrected chi connectivity index (χ1v) is 6.87. The van der Waals surface area contributed by atoms with Crippen LogP contribution in [-0.2, 0) is 9.59 Å². The minimum atomic E-state index is -0.856. The van der Waals surface area contributed by atoms with Crippen LogP contribution >= 0.6 is 0 Å².